The number of nitrogens with zero attached hydrogens (tertiary/aromatic N) is 2. The Morgan fingerprint density at radius 1 is 1.18 bits per heavy atom. The zero-order valence-corrected chi connectivity index (χ0v) is 15.0. The third kappa shape index (κ3) is 3.52. The van der Waals surface area contributed by atoms with Gasteiger partial charge in [-0.2, -0.15) is 0 Å². The summed E-state index contributed by atoms with van der Waals surface area (Å²) in [4.78, 5) is 24.2. The number of carbonyl (C=O) groups is 1. The number of carbonyl (C=O) groups excluding carboxylic acids is 1. The van der Waals surface area contributed by atoms with Crippen molar-refractivity contribution in [2.45, 2.75) is 13.1 Å². The van der Waals surface area contributed by atoms with Gasteiger partial charge in [0.1, 0.15) is 18.0 Å². The van der Waals surface area contributed by atoms with Gasteiger partial charge in [-0.1, -0.05) is 17.3 Å². The van der Waals surface area contributed by atoms with Crippen LogP contribution in [0.4, 0.5) is 0 Å². The van der Waals surface area contributed by atoms with Gasteiger partial charge >= 0.3 is 5.76 Å². The van der Waals surface area contributed by atoms with E-state index in [1.54, 1.807) is 37.4 Å². The molecule has 8 heteroatoms. The van der Waals surface area contributed by atoms with Crippen molar-refractivity contribution >= 4 is 17.0 Å². The molecule has 1 N–H and O–H groups in total. The maximum atomic E-state index is 12.2. The number of benzene rings is 2. The molecule has 142 valence electrons. The van der Waals surface area contributed by atoms with Crippen LogP contribution in [-0.4, -0.2) is 22.7 Å². The van der Waals surface area contributed by atoms with Crippen molar-refractivity contribution in [3.8, 4) is 17.1 Å². The number of amides is 1. The molecule has 8 nitrogen and oxygen atoms in total. The quantitative estimate of drug-likeness (QED) is 0.553. The summed E-state index contributed by atoms with van der Waals surface area (Å²) in [5.74, 6) is 0.434. The van der Waals surface area contributed by atoms with Crippen LogP contribution in [0.2, 0.25) is 0 Å². The molecule has 0 bridgehead atoms. The lowest BCUT2D eigenvalue weighted by molar-refractivity contribution is -0.121. The van der Waals surface area contributed by atoms with Crippen molar-refractivity contribution < 1.29 is 18.5 Å². The molecule has 0 aliphatic rings. The molecule has 2 aromatic carbocycles. The second-order valence-electron chi connectivity index (χ2n) is 6.11. The van der Waals surface area contributed by atoms with Gasteiger partial charge in [0, 0.05) is 11.6 Å². The first-order valence-corrected chi connectivity index (χ1v) is 8.59. The molecule has 2 aromatic heterocycles. The fraction of sp³-hybridized carbons (Fsp3) is 0.150. The van der Waals surface area contributed by atoms with Crippen LogP contribution in [0, 0.1) is 0 Å². The van der Waals surface area contributed by atoms with E-state index in [1.807, 2.05) is 24.3 Å². The van der Waals surface area contributed by atoms with Crippen molar-refractivity contribution in [2.24, 2.45) is 0 Å². The SMILES string of the molecule is COc1ccc(-c2cc(CNC(=O)Cn3c(=O)oc4ccccc43)no2)cc1. The highest BCUT2D eigenvalue weighted by Crippen LogP contribution is 2.23. The maximum absolute atomic E-state index is 12.2. The number of hydrogen-bond donors (Lipinski definition) is 1. The van der Waals surface area contributed by atoms with Crippen molar-refractivity contribution in [1.82, 2.24) is 15.0 Å². The minimum absolute atomic E-state index is 0.140. The number of fused-ring (bicyclic) bond motifs is 1. The summed E-state index contributed by atoms with van der Waals surface area (Å²) in [6, 6.07) is 16.1. The summed E-state index contributed by atoms with van der Waals surface area (Å²) in [5.41, 5.74) is 2.44. The number of oxazole rings is 1. The predicted molar refractivity (Wildman–Crippen MR) is 101 cm³/mol. The van der Waals surface area contributed by atoms with E-state index in [0.29, 0.717) is 22.6 Å². The average Bonchev–Trinajstić information content (AvgIpc) is 3.31. The Morgan fingerprint density at radius 3 is 2.75 bits per heavy atom. The van der Waals surface area contributed by atoms with Crippen LogP contribution in [0.15, 0.2) is 68.3 Å². The average molecular weight is 379 g/mol. The third-order valence-corrected chi connectivity index (χ3v) is 4.28. The molecule has 0 atom stereocenters. The van der Waals surface area contributed by atoms with Crippen LogP contribution in [0.25, 0.3) is 22.4 Å². The highest BCUT2D eigenvalue weighted by atomic mass is 16.5. The lowest BCUT2D eigenvalue weighted by atomic mass is 10.1. The van der Waals surface area contributed by atoms with Gasteiger partial charge in [-0.3, -0.25) is 9.36 Å². The molecule has 0 spiro atoms. The Kier molecular flexibility index (Phi) is 4.67. The third-order valence-electron chi connectivity index (χ3n) is 4.28. The van der Waals surface area contributed by atoms with E-state index in [4.69, 9.17) is 13.7 Å². The Morgan fingerprint density at radius 2 is 1.96 bits per heavy atom. The summed E-state index contributed by atoms with van der Waals surface area (Å²) >= 11 is 0. The molecule has 0 saturated heterocycles. The summed E-state index contributed by atoms with van der Waals surface area (Å²) in [7, 11) is 1.60. The monoisotopic (exact) mass is 379 g/mol. The molecule has 0 fully saturated rings. The largest absolute Gasteiger partial charge is 0.497 e. The molecule has 4 rings (SSSR count). The number of aromatic nitrogens is 2. The van der Waals surface area contributed by atoms with E-state index in [-0.39, 0.29) is 19.0 Å². The first-order valence-electron chi connectivity index (χ1n) is 8.59. The number of para-hydroxylation sites is 2. The second kappa shape index (κ2) is 7.43. The first kappa shape index (κ1) is 17.6. The van der Waals surface area contributed by atoms with E-state index < -0.39 is 5.76 Å². The smallest absolute Gasteiger partial charge is 0.420 e. The summed E-state index contributed by atoms with van der Waals surface area (Å²) < 4.78 is 16.9. The van der Waals surface area contributed by atoms with Crippen LogP contribution >= 0.6 is 0 Å². The van der Waals surface area contributed by atoms with E-state index in [1.165, 1.54) is 4.57 Å². The fourth-order valence-corrected chi connectivity index (χ4v) is 2.84. The molecule has 0 aliphatic carbocycles. The summed E-state index contributed by atoms with van der Waals surface area (Å²) in [5, 5.41) is 6.69. The molecular formula is C20H17N3O5. The highest BCUT2D eigenvalue weighted by Gasteiger charge is 2.13. The van der Waals surface area contributed by atoms with Gasteiger partial charge in [0.25, 0.3) is 0 Å². The number of ether oxygens (including phenoxy) is 1. The Hall–Kier alpha value is -3.81. The molecule has 0 saturated carbocycles. The van der Waals surface area contributed by atoms with Crippen LogP contribution in [-0.2, 0) is 17.9 Å². The topological polar surface area (TPSA) is 99.5 Å². The van der Waals surface area contributed by atoms with Gasteiger partial charge in [0.15, 0.2) is 11.3 Å². The minimum atomic E-state index is -0.570. The number of hydrogen-bond acceptors (Lipinski definition) is 6. The maximum Gasteiger partial charge on any atom is 0.420 e. The minimum Gasteiger partial charge on any atom is -0.497 e. The van der Waals surface area contributed by atoms with Gasteiger partial charge in [-0.05, 0) is 36.4 Å². The Balaban J connectivity index is 1.40. The molecule has 1 amide bonds. The van der Waals surface area contributed by atoms with Crippen molar-refractivity contribution in [3.05, 3.63) is 70.8 Å². The highest BCUT2D eigenvalue weighted by molar-refractivity contribution is 5.79. The van der Waals surface area contributed by atoms with Gasteiger partial charge in [-0.25, -0.2) is 4.79 Å². The predicted octanol–water partition coefficient (Wildman–Crippen LogP) is 2.57. The van der Waals surface area contributed by atoms with Crippen LogP contribution in [0.5, 0.6) is 5.75 Å². The zero-order chi connectivity index (χ0) is 19.5. The Bertz CT molecular complexity index is 1170. The molecular weight excluding hydrogens is 362 g/mol. The standard InChI is InChI=1S/C20H17N3O5/c1-26-15-8-6-13(7-9-15)18-10-14(22-28-18)11-21-19(24)12-23-16-4-2-3-5-17(16)27-20(23)25/h2-10H,11-12H2,1H3,(H,21,24). The molecule has 0 aliphatic heterocycles. The summed E-state index contributed by atoms with van der Waals surface area (Å²) in [6.45, 7) is 0.0437. The zero-order valence-electron chi connectivity index (χ0n) is 15.0. The van der Waals surface area contributed by atoms with Gasteiger partial charge in [-0.15, -0.1) is 0 Å². The lowest BCUT2D eigenvalue weighted by Gasteiger charge is -2.03. The van der Waals surface area contributed by atoms with E-state index in [9.17, 15) is 9.59 Å². The van der Waals surface area contributed by atoms with E-state index >= 15 is 0 Å². The van der Waals surface area contributed by atoms with Crippen molar-refractivity contribution in [1.29, 1.82) is 0 Å². The van der Waals surface area contributed by atoms with Crippen molar-refractivity contribution in [3.63, 3.8) is 0 Å². The molecule has 0 radical (unpaired) electrons. The van der Waals surface area contributed by atoms with Gasteiger partial charge in [0.05, 0.1) is 19.2 Å². The number of methoxy groups -OCH3 is 1. The molecule has 4 aromatic rings. The molecule has 28 heavy (non-hydrogen) atoms. The first-order chi connectivity index (χ1) is 13.6. The summed E-state index contributed by atoms with van der Waals surface area (Å²) in [6.07, 6.45) is 0. The van der Waals surface area contributed by atoms with E-state index in [2.05, 4.69) is 10.5 Å². The van der Waals surface area contributed by atoms with Crippen molar-refractivity contribution in [2.75, 3.05) is 7.11 Å². The van der Waals surface area contributed by atoms with Gasteiger partial charge in [0.2, 0.25) is 5.91 Å². The van der Waals surface area contributed by atoms with Crippen LogP contribution in [0.3, 0.4) is 0 Å². The number of nitrogens with one attached hydrogen (secondary N) is 1. The molecule has 2 heterocycles. The Labute approximate surface area is 159 Å². The van der Waals surface area contributed by atoms with E-state index in [0.717, 1.165) is 11.3 Å². The number of rotatable bonds is 6. The fourth-order valence-electron chi connectivity index (χ4n) is 2.84. The van der Waals surface area contributed by atoms with Crippen LogP contribution in [0.1, 0.15) is 5.69 Å². The molecule has 0 unspecified atom stereocenters. The lowest BCUT2D eigenvalue weighted by Crippen LogP contribution is -2.30. The van der Waals surface area contributed by atoms with Gasteiger partial charge < -0.3 is 19.0 Å². The van der Waals surface area contributed by atoms with Crippen LogP contribution < -0.4 is 15.8 Å². The normalized spacial score (nSPS) is 10.9. The second-order valence-corrected chi connectivity index (χ2v) is 6.11.